The maximum absolute atomic E-state index is 12.3. The number of carbonyl (C=O) groups is 1. The highest BCUT2D eigenvalue weighted by Crippen LogP contribution is 2.34. The molecule has 2 aromatic rings. The van der Waals surface area contributed by atoms with E-state index in [1.807, 2.05) is 30.5 Å². The molecule has 2 heterocycles. The Morgan fingerprint density at radius 3 is 2.86 bits per heavy atom. The van der Waals surface area contributed by atoms with Gasteiger partial charge in [-0.25, -0.2) is 0 Å². The van der Waals surface area contributed by atoms with E-state index in [2.05, 4.69) is 27.7 Å². The molecule has 0 aliphatic carbocycles. The van der Waals surface area contributed by atoms with E-state index in [0.717, 1.165) is 25.1 Å². The van der Waals surface area contributed by atoms with Gasteiger partial charge in [0.2, 0.25) is 5.91 Å². The third-order valence-electron chi connectivity index (χ3n) is 3.96. The van der Waals surface area contributed by atoms with Gasteiger partial charge in [-0.1, -0.05) is 6.07 Å². The van der Waals surface area contributed by atoms with Crippen LogP contribution < -0.4 is 5.32 Å². The van der Waals surface area contributed by atoms with Crippen LogP contribution in [0.5, 0.6) is 0 Å². The van der Waals surface area contributed by atoms with Crippen LogP contribution in [-0.2, 0) is 4.79 Å². The van der Waals surface area contributed by atoms with E-state index in [9.17, 15) is 4.79 Å². The van der Waals surface area contributed by atoms with Gasteiger partial charge < -0.3 is 5.32 Å². The highest BCUT2D eigenvalue weighted by Gasteiger charge is 2.28. The molecule has 0 spiro atoms. The quantitative estimate of drug-likeness (QED) is 0.831. The van der Waals surface area contributed by atoms with Crippen molar-refractivity contribution in [2.75, 3.05) is 24.7 Å². The van der Waals surface area contributed by atoms with Crippen molar-refractivity contribution in [3.05, 3.63) is 46.7 Å². The highest BCUT2D eigenvalue weighted by molar-refractivity contribution is 7.98. The molecule has 1 aromatic carbocycles. The van der Waals surface area contributed by atoms with Crippen molar-refractivity contribution in [3.8, 4) is 0 Å². The van der Waals surface area contributed by atoms with Crippen LogP contribution in [0, 0.1) is 0 Å². The fraction of sp³-hybridized carbons (Fsp3) is 0.353. The van der Waals surface area contributed by atoms with E-state index in [0.29, 0.717) is 12.6 Å². The van der Waals surface area contributed by atoms with Crippen molar-refractivity contribution in [3.63, 3.8) is 0 Å². The van der Waals surface area contributed by atoms with Gasteiger partial charge in [-0.05, 0) is 61.4 Å². The Balaban J connectivity index is 1.58. The summed E-state index contributed by atoms with van der Waals surface area (Å²) in [7, 11) is 0. The lowest BCUT2D eigenvalue weighted by Gasteiger charge is -2.22. The lowest BCUT2D eigenvalue weighted by Crippen LogP contribution is -2.32. The average Bonchev–Trinajstić information content (AvgIpc) is 3.18. The van der Waals surface area contributed by atoms with Crippen LogP contribution in [0.3, 0.4) is 0 Å². The molecule has 5 heteroatoms. The molecule has 1 atom stereocenters. The smallest absolute Gasteiger partial charge is 0.238 e. The van der Waals surface area contributed by atoms with Gasteiger partial charge in [0.05, 0.1) is 6.54 Å². The Morgan fingerprint density at radius 2 is 2.18 bits per heavy atom. The van der Waals surface area contributed by atoms with Gasteiger partial charge in [-0.3, -0.25) is 9.69 Å². The SMILES string of the molecule is CSc1ccc(NC(=O)CN2CCC[C@@H]2c2cccs2)cc1. The Hall–Kier alpha value is -1.30. The zero-order valence-corrected chi connectivity index (χ0v) is 14.3. The zero-order valence-electron chi connectivity index (χ0n) is 12.6. The van der Waals surface area contributed by atoms with Crippen LogP contribution >= 0.6 is 23.1 Å². The van der Waals surface area contributed by atoms with Crippen LogP contribution in [-0.4, -0.2) is 30.2 Å². The van der Waals surface area contributed by atoms with Gasteiger partial charge in [0.1, 0.15) is 0 Å². The third kappa shape index (κ3) is 3.72. The van der Waals surface area contributed by atoms with Gasteiger partial charge in [0, 0.05) is 21.5 Å². The molecule has 0 saturated carbocycles. The summed E-state index contributed by atoms with van der Waals surface area (Å²) in [5.41, 5.74) is 0.870. The molecule has 22 heavy (non-hydrogen) atoms. The molecule has 1 aromatic heterocycles. The predicted molar refractivity (Wildman–Crippen MR) is 94.7 cm³/mol. The summed E-state index contributed by atoms with van der Waals surface area (Å²) in [5.74, 6) is 0.0698. The molecule has 1 amide bonds. The highest BCUT2D eigenvalue weighted by atomic mass is 32.2. The largest absolute Gasteiger partial charge is 0.325 e. The molecule has 0 bridgehead atoms. The second kappa shape index (κ2) is 7.31. The number of benzene rings is 1. The number of anilines is 1. The fourth-order valence-corrected chi connectivity index (χ4v) is 4.18. The van der Waals surface area contributed by atoms with Gasteiger partial charge in [-0.2, -0.15) is 0 Å². The summed E-state index contributed by atoms with van der Waals surface area (Å²) in [6.45, 7) is 1.47. The second-order valence-electron chi connectivity index (χ2n) is 5.42. The number of likely N-dealkylation sites (tertiary alicyclic amines) is 1. The molecular formula is C17H20N2OS2. The van der Waals surface area contributed by atoms with E-state index in [-0.39, 0.29) is 5.91 Å². The zero-order chi connectivity index (χ0) is 15.4. The molecule has 3 nitrogen and oxygen atoms in total. The monoisotopic (exact) mass is 332 g/mol. The molecule has 116 valence electrons. The molecule has 1 aliphatic heterocycles. The van der Waals surface area contributed by atoms with Gasteiger partial charge in [-0.15, -0.1) is 23.1 Å². The molecular weight excluding hydrogens is 312 g/mol. The van der Waals surface area contributed by atoms with Crippen molar-refractivity contribution in [1.29, 1.82) is 0 Å². The number of nitrogens with zero attached hydrogens (tertiary/aromatic N) is 1. The van der Waals surface area contributed by atoms with Gasteiger partial charge in [0.25, 0.3) is 0 Å². The lowest BCUT2D eigenvalue weighted by molar-refractivity contribution is -0.117. The van der Waals surface area contributed by atoms with Crippen LogP contribution in [0.4, 0.5) is 5.69 Å². The Kier molecular flexibility index (Phi) is 5.18. The summed E-state index contributed by atoms with van der Waals surface area (Å²) in [6, 6.07) is 12.7. The first-order valence-corrected chi connectivity index (χ1v) is 9.58. The van der Waals surface area contributed by atoms with E-state index >= 15 is 0 Å². The van der Waals surface area contributed by atoms with E-state index in [1.165, 1.54) is 9.77 Å². The normalized spacial score (nSPS) is 18.5. The maximum atomic E-state index is 12.3. The number of thioether (sulfide) groups is 1. The first-order valence-electron chi connectivity index (χ1n) is 7.47. The maximum Gasteiger partial charge on any atom is 0.238 e. The number of hydrogen-bond donors (Lipinski definition) is 1. The number of hydrogen-bond acceptors (Lipinski definition) is 4. The van der Waals surface area contributed by atoms with Crippen LogP contribution in [0.15, 0.2) is 46.7 Å². The van der Waals surface area contributed by atoms with Crippen molar-refractivity contribution >= 4 is 34.7 Å². The van der Waals surface area contributed by atoms with E-state index in [1.54, 1.807) is 23.1 Å². The van der Waals surface area contributed by atoms with E-state index < -0.39 is 0 Å². The molecule has 1 N–H and O–H groups in total. The number of rotatable bonds is 5. The van der Waals surface area contributed by atoms with Crippen molar-refractivity contribution in [1.82, 2.24) is 4.90 Å². The van der Waals surface area contributed by atoms with Crippen LogP contribution in [0.2, 0.25) is 0 Å². The molecule has 3 rings (SSSR count). The van der Waals surface area contributed by atoms with Gasteiger partial charge >= 0.3 is 0 Å². The predicted octanol–water partition coefficient (Wildman–Crippen LogP) is 4.25. The minimum Gasteiger partial charge on any atom is -0.325 e. The molecule has 0 radical (unpaired) electrons. The first kappa shape index (κ1) is 15.6. The number of amides is 1. The number of thiophene rings is 1. The fourth-order valence-electron chi connectivity index (χ4n) is 2.88. The summed E-state index contributed by atoms with van der Waals surface area (Å²) < 4.78 is 0. The topological polar surface area (TPSA) is 32.3 Å². The Morgan fingerprint density at radius 1 is 1.36 bits per heavy atom. The summed E-state index contributed by atoms with van der Waals surface area (Å²) in [4.78, 5) is 17.1. The summed E-state index contributed by atoms with van der Waals surface area (Å²) in [5, 5.41) is 5.11. The number of carbonyl (C=O) groups excluding carboxylic acids is 1. The van der Waals surface area contributed by atoms with Crippen molar-refractivity contribution in [2.45, 2.75) is 23.8 Å². The van der Waals surface area contributed by atoms with Crippen molar-refractivity contribution < 1.29 is 4.79 Å². The summed E-state index contributed by atoms with van der Waals surface area (Å²) in [6.07, 6.45) is 4.36. The first-order chi connectivity index (χ1) is 10.8. The second-order valence-corrected chi connectivity index (χ2v) is 7.28. The molecule has 1 saturated heterocycles. The molecule has 1 fully saturated rings. The average molecular weight is 332 g/mol. The minimum absolute atomic E-state index is 0.0698. The third-order valence-corrected chi connectivity index (χ3v) is 5.67. The van der Waals surface area contributed by atoms with E-state index in [4.69, 9.17) is 0 Å². The summed E-state index contributed by atoms with van der Waals surface area (Å²) >= 11 is 3.48. The van der Waals surface area contributed by atoms with Gasteiger partial charge in [0.15, 0.2) is 0 Å². The Bertz CT molecular complexity index is 610. The molecule has 1 aliphatic rings. The standard InChI is InChI=1S/C17H20N2OS2/c1-21-14-8-6-13(7-9-14)18-17(20)12-19-10-2-4-15(19)16-5-3-11-22-16/h3,5-9,11,15H,2,4,10,12H2,1H3,(H,18,20)/t15-/m1/s1. The van der Waals surface area contributed by atoms with Crippen LogP contribution in [0.1, 0.15) is 23.8 Å². The number of nitrogens with one attached hydrogen (secondary N) is 1. The van der Waals surface area contributed by atoms with Crippen LogP contribution in [0.25, 0.3) is 0 Å². The lowest BCUT2D eigenvalue weighted by atomic mass is 10.2. The molecule has 0 unspecified atom stereocenters. The Labute approximate surface area is 139 Å². The van der Waals surface area contributed by atoms with Crippen molar-refractivity contribution in [2.24, 2.45) is 0 Å². The minimum atomic E-state index is 0.0698.